The Balaban J connectivity index is 4.41. The standard InChI is InChI=1S/C13H26N2O4/c1-5-10(6-2)8-15(7-3)12(18)14-9-13(4,19)11(16)17/h10,19H,5-9H2,1-4H3,(H,14,18)(H,16,17). The van der Waals surface area contributed by atoms with Crippen molar-refractivity contribution < 1.29 is 19.8 Å². The molecule has 0 aromatic heterocycles. The van der Waals surface area contributed by atoms with Gasteiger partial charge in [0.2, 0.25) is 0 Å². The zero-order valence-corrected chi connectivity index (χ0v) is 12.3. The quantitative estimate of drug-likeness (QED) is 0.622. The third kappa shape index (κ3) is 5.92. The Morgan fingerprint density at radius 3 is 2.16 bits per heavy atom. The van der Waals surface area contributed by atoms with E-state index in [2.05, 4.69) is 19.2 Å². The molecule has 0 aliphatic heterocycles. The van der Waals surface area contributed by atoms with E-state index in [-0.39, 0.29) is 12.6 Å². The minimum atomic E-state index is -1.94. The first-order valence-electron chi connectivity index (χ1n) is 6.76. The van der Waals surface area contributed by atoms with Crippen molar-refractivity contribution >= 4 is 12.0 Å². The fourth-order valence-corrected chi connectivity index (χ4v) is 1.65. The normalized spacial score (nSPS) is 14.0. The van der Waals surface area contributed by atoms with Crippen molar-refractivity contribution in [1.82, 2.24) is 10.2 Å². The van der Waals surface area contributed by atoms with Crippen LogP contribution in [0.25, 0.3) is 0 Å². The summed E-state index contributed by atoms with van der Waals surface area (Å²) in [5.74, 6) is -0.915. The van der Waals surface area contributed by atoms with Crippen LogP contribution < -0.4 is 5.32 Å². The maximum absolute atomic E-state index is 11.9. The Hall–Kier alpha value is -1.30. The van der Waals surface area contributed by atoms with Crippen LogP contribution in [0, 0.1) is 5.92 Å². The highest BCUT2D eigenvalue weighted by Gasteiger charge is 2.31. The first-order chi connectivity index (χ1) is 8.78. The molecule has 0 aliphatic rings. The van der Waals surface area contributed by atoms with Gasteiger partial charge >= 0.3 is 12.0 Å². The van der Waals surface area contributed by atoms with Gasteiger partial charge in [-0.15, -0.1) is 0 Å². The number of carboxylic acids is 1. The summed E-state index contributed by atoms with van der Waals surface area (Å²) in [7, 11) is 0. The molecule has 0 rings (SSSR count). The molecule has 0 aromatic rings. The monoisotopic (exact) mass is 274 g/mol. The molecule has 0 heterocycles. The smallest absolute Gasteiger partial charge is 0.337 e. The Labute approximate surface area is 114 Å². The third-order valence-electron chi connectivity index (χ3n) is 3.35. The average Bonchev–Trinajstić information content (AvgIpc) is 2.37. The number of hydrogen-bond acceptors (Lipinski definition) is 3. The maximum atomic E-state index is 11.9. The number of urea groups is 1. The molecule has 2 amide bonds. The van der Waals surface area contributed by atoms with Crippen molar-refractivity contribution in [2.75, 3.05) is 19.6 Å². The van der Waals surface area contributed by atoms with Crippen molar-refractivity contribution in [3.05, 3.63) is 0 Å². The first-order valence-corrected chi connectivity index (χ1v) is 6.76. The number of carboxylic acid groups (broad SMARTS) is 1. The van der Waals surface area contributed by atoms with Gasteiger partial charge in [0.05, 0.1) is 6.54 Å². The molecule has 112 valence electrons. The summed E-state index contributed by atoms with van der Waals surface area (Å²) in [4.78, 5) is 24.3. The number of hydrogen-bond donors (Lipinski definition) is 3. The fourth-order valence-electron chi connectivity index (χ4n) is 1.65. The van der Waals surface area contributed by atoms with Crippen LogP contribution in [-0.2, 0) is 4.79 Å². The Bertz CT molecular complexity index is 301. The highest BCUT2D eigenvalue weighted by molar-refractivity contribution is 5.79. The van der Waals surface area contributed by atoms with Crippen molar-refractivity contribution in [1.29, 1.82) is 0 Å². The molecule has 0 radical (unpaired) electrons. The molecule has 6 heteroatoms. The lowest BCUT2D eigenvalue weighted by atomic mass is 10.0. The summed E-state index contributed by atoms with van der Waals surface area (Å²) >= 11 is 0. The van der Waals surface area contributed by atoms with E-state index in [0.717, 1.165) is 19.8 Å². The number of aliphatic carboxylic acids is 1. The van der Waals surface area contributed by atoms with Crippen LogP contribution in [0.2, 0.25) is 0 Å². The summed E-state index contributed by atoms with van der Waals surface area (Å²) < 4.78 is 0. The van der Waals surface area contributed by atoms with Crippen LogP contribution in [0.15, 0.2) is 0 Å². The number of rotatable bonds is 8. The van der Waals surface area contributed by atoms with Crippen molar-refractivity contribution in [2.45, 2.75) is 46.1 Å². The van der Waals surface area contributed by atoms with E-state index in [1.165, 1.54) is 0 Å². The third-order valence-corrected chi connectivity index (χ3v) is 3.35. The summed E-state index contributed by atoms with van der Waals surface area (Å²) in [5, 5.41) is 20.8. The summed E-state index contributed by atoms with van der Waals surface area (Å²) in [5.41, 5.74) is -1.94. The van der Waals surface area contributed by atoms with E-state index in [4.69, 9.17) is 5.11 Å². The van der Waals surface area contributed by atoms with Gasteiger partial charge in [-0.1, -0.05) is 26.7 Å². The number of amides is 2. The second-order valence-corrected chi connectivity index (χ2v) is 4.96. The van der Waals surface area contributed by atoms with Gasteiger partial charge < -0.3 is 20.4 Å². The molecule has 0 bridgehead atoms. The lowest BCUT2D eigenvalue weighted by molar-refractivity contribution is -0.155. The lowest BCUT2D eigenvalue weighted by Crippen LogP contribution is -2.50. The van der Waals surface area contributed by atoms with Gasteiger partial charge in [-0.05, 0) is 19.8 Å². The zero-order chi connectivity index (χ0) is 15.1. The van der Waals surface area contributed by atoms with Crippen LogP contribution in [0.4, 0.5) is 4.79 Å². The molecular formula is C13H26N2O4. The van der Waals surface area contributed by atoms with E-state index in [1.54, 1.807) is 4.90 Å². The topological polar surface area (TPSA) is 89.9 Å². The second-order valence-electron chi connectivity index (χ2n) is 4.96. The van der Waals surface area contributed by atoms with E-state index in [1.807, 2.05) is 6.92 Å². The molecule has 3 N–H and O–H groups in total. The van der Waals surface area contributed by atoms with E-state index >= 15 is 0 Å². The Kier molecular flexibility index (Phi) is 7.44. The number of carbonyl (C=O) groups is 2. The van der Waals surface area contributed by atoms with Crippen LogP contribution in [0.5, 0.6) is 0 Å². The number of carbonyl (C=O) groups excluding carboxylic acids is 1. The van der Waals surface area contributed by atoms with E-state index in [9.17, 15) is 14.7 Å². The van der Waals surface area contributed by atoms with Gasteiger partial charge in [0.15, 0.2) is 5.60 Å². The predicted molar refractivity (Wildman–Crippen MR) is 73.0 cm³/mol. The molecule has 1 unspecified atom stereocenters. The number of nitrogens with one attached hydrogen (secondary N) is 1. The maximum Gasteiger partial charge on any atom is 0.337 e. The van der Waals surface area contributed by atoms with Gasteiger partial charge in [-0.3, -0.25) is 0 Å². The van der Waals surface area contributed by atoms with Crippen molar-refractivity contribution in [3.63, 3.8) is 0 Å². The van der Waals surface area contributed by atoms with Gasteiger partial charge in [0.1, 0.15) is 0 Å². The minimum Gasteiger partial charge on any atom is -0.479 e. The zero-order valence-electron chi connectivity index (χ0n) is 12.3. The lowest BCUT2D eigenvalue weighted by Gasteiger charge is -2.27. The predicted octanol–water partition coefficient (Wildman–Crippen LogP) is 1.29. The van der Waals surface area contributed by atoms with E-state index in [0.29, 0.717) is 19.0 Å². The summed E-state index contributed by atoms with van der Waals surface area (Å²) in [6.07, 6.45) is 1.99. The molecule has 19 heavy (non-hydrogen) atoms. The molecule has 0 aliphatic carbocycles. The van der Waals surface area contributed by atoms with E-state index < -0.39 is 11.6 Å². The fraction of sp³-hybridized carbons (Fsp3) is 0.846. The molecule has 0 aromatic carbocycles. The van der Waals surface area contributed by atoms with Gasteiger partial charge in [-0.25, -0.2) is 9.59 Å². The van der Waals surface area contributed by atoms with Crippen LogP contribution in [-0.4, -0.2) is 52.3 Å². The summed E-state index contributed by atoms with van der Waals surface area (Å²) in [6, 6.07) is -0.337. The average molecular weight is 274 g/mol. The summed E-state index contributed by atoms with van der Waals surface area (Å²) in [6.45, 7) is 8.08. The first kappa shape index (κ1) is 17.7. The minimum absolute atomic E-state index is 0.305. The van der Waals surface area contributed by atoms with Crippen molar-refractivity contribution in [2.24, 2.45) is 5.92 Å². The molecule has 0 saturated carbocycles. The molecular weight excluding hydrogens is 248 g/mol. The molecule has 1 atom stereocenters. The molecule has 0 spiro atoms. The van der Waals surface area contributed by atoms with Crippen LogP contribution >= 0.6 is 0 Å². The Morgan fingerprint density at radius 1 is 1.26 bits per heavy atom. The largest absolute Gasteiger partial charge is 0.479 e. The van der Waals surface area contributed by atoms with Gasteiger partial charge in [-0.2, -0.15) is 0 Å². The highest BCUT2D eigenvalue weighted by atomic mass is 16.4. The van der Waals surface area contributed by atoms with Gasteiger partial charge in [0, 0.05) is 13.1 Å². The van der Waals surface area contributed by atoms with Crippen LogP contribution in [0.1, 0.15) is 40.5 Å². The number of aliphatic hydroxyl groups is 1. The SMILES string of the molecule is CCC(CC)CN(CC)C(=O)NCC(C)(O)C(=O)O. The molecule has 0 saturated heterocycles. The van der Waals surface area contributed by atoms with Crippen LogP contribution in [0.3, 0.4) is 0 Å². The second kappa shape index (κ2) is 7.99. The van der Waals surface area contributed by atoms with Crippen molar-refractivity contribution in [3.8, 4) is 0 Å². The Morgan fingerprint density at radius 2 is 1.79 bits per heavy atom. The number of nitrogens with zero attached hydrogens (tertiary/aromatic N) is 1. The molecule has 6 nitrogen and oxygen atoms in total. The highest BCUT2D eigenvalue weighted by Crippen LogP contribution is 2.10. The molecule has 0 fully saturated rings. The van der Waals surface area contributed by atoms with Gasteiger partial charge in [0.25, 0.3) is 0 Å².